The van der Waals surface area contributed by atoms with E-state index in [0.29, 0.717) is 0 Å². The molecule has 2 N–H and O–H groups in total. The largest absolute Gasteiger partial charge is 0.822 e. The monoisotopic (exact) mass is 327 g/mol. The molecular weight excluding hydrogens is 321 g/mol. The first-order valence-electron chi connectivity index (χ1n) is 3.09. The Labute approximate surface area is 103 Å². The zero-order valence-corrected chi connectivity index (χ0v) is 10.5. The van der Waals surface area contributed by atoms with E-state index in [0.717, 1.165) is 45.3 Å². The van der Waals surface area contributed by atoms with Crippen LogP contribution in [0.3, 0.4) is 0 Å². The third-order valence-corrected chi connectivity index (χ3v) is 1.96. The van der Waals surface area contributed by atoms with E-state index in [-0.39, 0.29) is 0 Å². The summed E-state index contributed by atoms with van der Waals surface area (Å²) in [5, 5.41) is 0. The first-order valence-corrected chi connectivity index (χ1v) is 6.12. The molecule has 0 heterocycles. The van der Waals surface area contributed by atoms with Gasteiger partial charge in [0.1, 0.15) is 0 Å². The maximum Gasteiger partial charge on any atom is -0.159 e. The molecule has 0 aromatic heterocycles. The van der Waals surface area contributed by atoms with Crippen LogP contribution in [0.2, 0.25) is 0 Å². The molecule has 1 aromatic carbocycles. The van der Waals surface area contributed by atoms with Gasteiger partial charge in [0.15, 0.2) is 0 Å². The fourth-order valence-corrected chi connectivity index (χ4v) is 1.01. The molecule has 5 nitrogen and oxygen atoms in total. The van der Waals surface area contributed by atoms with Crippen LogP contribution in [0.15, 0.2) is 24.3 Å². The van der Waals surface area contributed by atoms with Gasteiger partial charge in [-0.05, 0) is 0 Å². The molecule has 0 fully saturated rings. The van der Waals surface area contributed by atoms with Crippen LogP contribution in [0, 0.1) is 39.6 Å². The summed E-state index contributed by atoms with van der Waals surface area (Å²) in [6, 6.07) is 7.98. The Hall–Kier alpha value is 0.507. The second-order valence-corrected chi connectivity index (χ2v) is 4.78. The van der Waals surface area contributed by atoms with Gasteiger partial charge < -0.3 is 19.2 Å². The van der Waals surface area contributed by atoms with E-state index in [9.17, 15) is 0 Å². The summed E-state index contributed by atoms with van der Waals surface area (Å²) in [6.07, 6.45) is 0. The van der Waals surface area contributed by atoms with Gasteiger partial charge in [0.25, 0.3) is 0 Å². The van der Waals surface area contributed by atoms with Gasteiger partial charge in [-0.15, -0.1) is 0 Å². The quantitative estimate of drug-likeness (QED) is 0.422. The molecule has 7 heteroatoms. The molecule has 68 valence electrons. The van der Waals surface area contributed by atoms with E-state index in [1.54, 1.807) is 0 Å². The van der Waals surface area contributed by atoms with E-state index >= 15 is 0 Å². The predicted molar refractivity (Wildman–Crippen MR) is 38.1 cm³/mol. The van der Waals surface area contributed by atoms with Crippen molar-refractivity contribution in [3.05, 3.63) is 24.3 Å². The van der Waals surface area contributed by atoms with Crippen LogP contribution in [0.5, 0.6) is 0 Å². The molecular formula is C6H6CeNO4P. The summed E-state index contributed by atoms with van der Waals surface area (Å²) in [7, 11) is -5.39. The number of anilines is 1. The zero-order chi connectivity index (χ0) is 10.5. The molecule has 0 atom stereocenters. The third-order valence-electron chi connectivity index (χ3n) is 0.911. The number of hydrogen-bond acceptors (Lipinski definition) is 5. The van der Waals surface area contributed by atoms with Gasteiger partial charge in [-0.25, -0.2) is 0 Å². The second-order valence-electron chi connectivity index (χ2n) is 2.07. The summed E-state index contributed by atoms with van der Waals surface area (Å²) < 4.78 is 9.94. The fraction of sp³-hybridized carbons (Fsp3) is 0. The van der Waals surface area contributed by atoms with Crippen molar-refractivity contribution in [1.82, 2.24) is 0 Å². The molecule has 1 rings (SSSR count). The second kappa shape index (κ2) is 6.08. The van der Waals surface area contributed by atoms with Gasteiger partial charge in [-0.3, -0.25) is 0 Å². The fourth-order valence-electron chi connectivity index (χ4n) is 0.483. The van der Waals surface area contributed by atoms with Crippen LogP contribution in [0.25, 0.3) is 0 Å². The van der Waals surface area contributed by atoms with Gasteiger partial charge in [-0.2, -0.15) is 7.82 Å². The number of rotatable bonds is 0. The smallest absolute Gasteiger partial charge is 0.159 e. The summed E-state index contributed by atoms with van der Waals surface area (Å²) in [5.74, 6) is 0. The van der Waals surface area contributed by atoms with Gasteiger partial charge in [0.05, 0.1) is 0 Å². The molecule has 0 saturated heterocycles. The molecule has 13 heavy (non-hydrogen) atoms. The zero-order valence-electron chi connectivity index (χ0n) is 6.47. The molecule has 0 radical (unpaired) electrons. The molecule has 1 aromatic rings. The summed E-state index contributed by atoms with van der Waals surface area (Å²) in [5.41, 5.74) is 6.29. The molecule has 0 amide bonds. The first kappa shape index (κ1) is 13.5. The van der Waals surface area contributed by atoms with Gasteiger partial charge in [-0.1, -0.05) is 0 Å². The third kappa shape index (κ3) is 12.5. The molecule has 0 aliphatic rings. The molecule has 0 aliphatic heterocycles. The Balaban J connectivity index is 0.000000252. The van der Waals surface area contributed by atoms with Crippen molar-refractivity contribution in [2.45, 2.75) is 0 Å². The molecule has 0 bridgehead atoms. The van der Waals surface area contributed by atoms with Crippen molar-refractivity contribution >= 4 is 14.6 Å². The number of nitrogens with two attached hydrogens (primary N) is 1. The minimum Gasteiger partial charge on any atom is -0.822 e. The van der Waals surface area contributed by atoms with Crippen LogP contribution >= 0.6 is 7.82 Å². The Kier molecular flexibility index (Phi) is 6.31. The van der Waals surface area contributed by atoms with Gasteiger partial charge in [0, 0.05) is 0 Å². The summed E-state index contributed by atoms with van der Waals surface area (Å²) >= 11 is 1.12. The number of phosphoric acid groups is 1. The SMILES string of the molecule is Nc1cc[c]([Ce+3])cc1.O=P([O-])([O-])[O-]. The standard InChI is InChI=1S/C6H6N.Ce.H3O4P/c7-6-4-2-1-3-5-6;;1-5(2,3)4/h2-5H,7H2;;(H3,1,2,3,4)/q;+3;/p-3. The van der Waals surface area contributed by atoms with Crippen molar-refractivity contribution in [3.8, 4) is 0 Å². The Bertz CT molecular complexity index is 267. The van der Waals surface area contributed by atoms with Gasteiger partial charge >= 0.3 is 76.4 Å². The van der Waals surface area contributed by atoms with E-state index in [2.05, 4.69) is 12.1 Å². The minimum absolute atomic E-state index is 0.851. The van der Waals surface area contributed by atoms with Crippen molar-refractivity contribution < 1.29 is 58.9 Å². The van der Waals surface area contributed by atoms with Crippen molar-refractivity contribution in [1.29, 1.82) is 0 Å². The summed E-state index contributed by atoms with van der Waals surface area (Å²) in [4.78, 5) is 25.6. The molecule has 0 saturated carbocycles. The van der Waals surface area contributed by atoms with E-state index in [1.807, 2.05) is 12.1 Å². The number of hydrogen-bond donors (Lipinski definition) is 1. The van der Waals surface area contributed by atoms with Crippen molar-refractivity contribution in [3.63, 3.8) is 0 Å². The van der Waals surface area contributed by atoms with Crippen molar-refractivity contribution in [2.24, 2.45) is 0 Å². The van der Waals surface area contributed by atoms with E-state index < -0.39 is 7.82 Å². The Morgan fingerprint density at radius 1 is 1.15 bits per heavy atom. The maximum absolute atomic E-state index is 8.55. The Morgan fingerprint density at radius 3 is 1.69 bits per heavy atom. The van der Waals surface area contributed by atoms with Gasteiger partial charge in [0.2, 0.25) is 0 Å². The average molecular weight is 327 g/mol. The summed E-state index contributed by atoms with van der Waals surface area (Å²) in [6.45, 7) is 0. The average Bonchev–Trinajstić information content (AvgIpc) is 1.92. The topological polar surface area (TPSA) is 112 Å². The maximum atomic E-state index is 8.55. The normalized spacial score (nSPS) is 10.2. The number of nitrogen functional groups attached to an aromatic ring is 1. The molecule has 0 aliphatic carbocycles. The first-order chi connectivity index (χ1) is 5.79. The minimum atomic E-state index is -5.39. The van der Waals surface area contributed by atoms with Crippen LogP contribution in [-0.4, -0.2) is 0 Å². The van der Waals surface area contributed by atoms with Crippen LogP contribution in [0.1, 0.15) is 0 Å². The van der Waals surface area contributed by atoms with E-state index in [4.69, 9.17) is 25.0 Å². The van der Waals surface area contributed by atoms with E-state index in [1.165, 1.54) is 1.08 Å². The van der Waals surface area contributed by atoms with Crippen molar-refractivity contribution in [2.75, 3.05) is 5.73 Å². The van der Waals surface area contributed by atoms with Crippen LogP contribution in [0.4, 0.5) is 5.69 Å². The predicted octanol–water partition coefficient (Wildman–Crippen LogP) is -2.38. The van der Waals surface area contributed by atoms with Crippen LogP contribution < -0.4 is 21.5 Å². The Morgan fingerprint density at radius 2 is 1.46 bits per heavy atom. The van der Waals surface area contributed by atoms with Crippen LogP contribution in [-0.2, 0) is 4.57 Å². The molecule has 0 unspecified atom stereocenters. The number of benzene rings is 1. The molecule has 0 spiro atoms.